The normalized spacial score (nSPS) is 18.4. The van der Waals surface area contributed by atoms with E-state index < -0.39 is 0 Å². The monoisotopic (exact) mass is 455 g/mol. The number of aromatic nitrogens is 1. The minimum Gasteiger partial charge on any atom is -0.337 e. The fraction of sp³-hybridized carbons (Fsp3) is 0.280. The van der Waals surface area contributed by atoms with E-state index in [0.717, 1.165) is 60.1 Å². The first-order valence-electron chi connectivity index (χ1n) is 10.4. The maximum absolute atomic E-state index is 13.6. The van der Waals surface area contributed by atoms with Gasteiger partial charge in [-0.3, -0.25) is 4.79 Å². The molecule has 1 N–H and O–H groups in total. The van der Waals surface area contributed by atoms with Gasteiger partial charge in [0.1, 0.15) is 0 Å². The predicted octanol–water partition coefficient (Wildman–Crippen LogP) is 5.00. The van der Waals surface area contributed by atoms with Gasteiger partial charge < -0.3 is 10.2 Å². The average Bonchev–Trinajstić information content (AvgIpc) is 3.43. The first-order valence-corrected chi connectivity index (χ1v) is 10.4. The number of carbonyl (C=O) groups excluding carboxylic acids is 1. The highest BCUT2D eigenvalue weighted by atomic mass is 35.5. The molecule has 5 rings (SSSR count). The molecule has 0 spiro atoms. The number of fused-ring (bicyclic) bond motifs is 2. The van der Waals surface area contributed by atoms with E-state index in [9.17, 15) is 4.79 Å². The molecule has 4 nitrogen and oxygen atoms in total. The lowest BCUT2D eigenvalue weighted by Crippen LogP contribution is -2.39. The third kappa shape index (κ3) is 4.33. The number of benzene rings is 2. The largest absolute Gasteiger partial charge is 0.337 e. The quantitative estimate of drug-likeness (QED) is 0.604. The van der Waals surface area contributed by atoms with Gasteiger partial charge in [-0.25, -0.2) is 4.98 Å². The van der Waals surface area contributed by atoms with Crippen molar-refractivity contribution in [1.82, 2.24) is 15.2 Å². The molecule has 2 aliphatic rings. The van der Waals surface area contributed by atoms with E-state index in [1.165, 1.54) is 11.1 Å². The summed E-state index contributed by atoms with van der Waals surface area (Å²) in [5, 5.41) is 4.34. The molecule has 1 aliphatic heterocycles. The molecule has 0 radical (unpaired) electrons. The van der Waals surface area contributed by atoms with Gasteiger partial charge in [0.2, 0.25) is 0 Å². The Kier molecular flexibility index (Phi) is 7.37. The Morgan fingerprint density at radius 3 is 2.55 bits per heavy atom. The van der Waals surface area contributed by atoms with Crippen LogP contribution in [0.4, 0.5) is 0 Å². The number of para-hydroxylation sites is 1. The second-order valence-corrected chi connectivity index (χ2v) is 7.97. The minimum atomic E-state index is 0. The maximum atomic E-state index is 13.6. The maximum Gasteiger partial charge on any atom is 0.254 e. The lowest BCUT2D eigenvalue weighted by Gasteiger charge is -2.25. The zero-order chi connectivity index (χ0) is 19.8. The first kappa shape index (κ1) is 23.3. The number of nitrogens with zero attached hydrogens (tertiary/aromatic N) is 2. The van der Waals surface area contributed by atoms with Crippen molar-refractivity contribution in [1.29, 1.82) is 0 Å². The second kappa shape index (κ2) is 9.82. The molecule has 1 saturated heterocycles. The first-order chi connectivity index (χ1) is 14.2. The summed E-state index contributed by atoms with van der Waals surface area (Å²) in [6.07, 6.45) is 5.01. The number of halogens is 2. The van der Waals surface area contributed by atoms with Gasteiger partial charge in [0.15, 0.2) is 0 Å². The fourth-order valence-corrected chi connectivity index (χ4v) is 4.59. The molecule has 1 aliphatic carbocycles. The van der Waals surface area contributed by atoms with E-state index in [1.807, 2.05) is 42.3 Å². The highest BCUT2D eigenvalue weighted by Gasteiger charge is 2.31. The van der Waals surface area contributed by atoms with Crippen molar-refractivity contribution in [2.75, 3.05) is 20.1 Å². The lowest BCUT2D eigenvalue weighted by atomic mass is 9.99. The summed E-state index contributed by atoms with van der Waals surface area (Å²) in [5.74, 6) is 0.120. The molecule has 0 saturated carbocycles. The fourth-order valence-electron chi connectivity index (χ4n) is 4.59. The summed E-state index contributed by atoms with van der Waals surface area (Å²) in [6.45, 7) is 1.84. The molecule has 0 bridgehead atoms. The van der Waals surface area contributed by atoms with Crippen LogP contribution in [0.1, 0.15) is 40.0 Å². The van der Waals surface area contributed by atoms with Gasteiger partial charge in [-0.2, -0.15) is 0 Å². The average molecular weight is 456 g/mol. The van der Waals surface area contributed by atoms with E-state index in [0.29, 0.717) is 0 Å². The summed E-state index contributed by atoms with van der Waals surface area (Å²) in [4.78, 5) is 20.5. The molecule has 31 heavy (non-hydrogen) atoms. The summed E-state index contributed by atoms with van der Waals surface area (Å²) in [7, 11) is 1.94. The van der Waals surface area contributed by atoms with Crippen LogP contribution in [0.2, 0.25) is 0 Å². The molecule has 1 unspecified atom stereocenters. The molecule has 1 fully saturated rings. The zero-order valence-electron chi connectivity index (χ0n) is 17.5. The Morgan fingerprint density at radius 1 is 1.06 bits per heavy atom. The summed E-state index contributed by atoms with van der Waals surface area (Å²) < 4.78 is 0. The molecule has 2 heterocycles. The number of likely N-dealkylation sites (N-methyl/N-ethyl adjacent to an activating group) is 1. The summed E-state index contributed by atoms with van der Waals surface area (Å²) in [6, 6.07) is 18.7. The zero-order valence-corrected chi connectivity index (χ0v) is 19.1. The SMILES string of the molecule is CN(C(=O)c1c2c(nc3ccccc13)/C(=C\c1ccccc1)CC2)C1CCNC1.Cl.Cl. The molecular formula is C25H27Cl2N3O. The Bertz CT molecular complexity index is 1110. The summed E-state index contributed by atoms with van der Waals surface area (Å²) >= 11 is 0. The molecular weight excluding hydrogens is 429 g/mol. The highest BCUT2D eigenvalue weighted by molar-refractivity contribution is 6.09. The molecule has 6 heteroatoms. The highest BCUT2D eigenvalue weighted by Crippen LogP contribution is 2.38. The van der Waals surface area contributed by atoms with Crippen molar-refractivity contribution < 1.29 is 4.79 Å². The Hall–Kier alpha value is -2.40. The molecule has 1 atom stereocenters. The molecule has 162 valence electrons. The third-order valence-corrected chi connectivity index (χ3v) is 6.20. The van der Waals surface area contributed by atoms with E-state index in [2.05, 4.69) is 35.7 Å². The number of nitrogens with one attached hydrogen (secondary N) is 1. The van der Waals surface area contributed by atoms with Crippen molar-refractivity contribution in [2.45, 2.75) is 25.3 Å². The van der Waals surface area contributed by atoms with Gasteiger partial charge in [-0.15, -0.1) is 24.8 Å². The van der Waals surface area contributed by atoms with Crippen molar-refractivity contribution >= 4 is 53.3 Å². The van der Waals surface area contributed by atoms with Gasteiger partial charge in [-0.05, 0) is 54.6 Å². The number of hydrogen-bond acceptors (Lipinski definition) is 3. The van der Waals surface area contributed by atoms with Gasteiger partial charge in [0.25, 0.3) is 5.91 Å². The molecule has 1 aromatic heterocycles. The number of hydrogen-bond donors (Lipinski definition) is 1. The van der Waals surface area contributed by atoms with Gasteiger partial charge in [0, 0.05) is 25.0 Å². The lowest BCUT2D eigenvalue weighted by molar-refractivity contribution is 0.0744. The van der Waals surface area contributed by atoms with E-state index >= 15 is 0 Å². The van der Waals surface area contributed by atoms with Crippen molar-refractivity contribution in [2.24, 2.45) is 0 Å². The van der Waals surface area contributed by atoms with Gasteiger partial charge in [0.05, 0.1) is 16.8 Å². The van der Waals surface area contributed by atoms with Crippen LogP contribution in [-0.2, 0) is 6.42 Å². The van der Waals surface area contributed by atoms with Crippen LogP contribution in [0, 0.1) is 0 Å². The second-order valence-electron chi connectivity index (χ2n) is 7.97. The number of pyridine rings is 1. The number of allylic oxidation sites excluding steroid dienone is 1. The van der Waals surface area contributed by atoms with E-state index in [-0.39, 0.29) is 36.8 Å². The number of carbonyl (C=O) groups is 1. The molecule has 3 aromatic rings. The number of amides is 1. The van der Waals surface area contributed by atoms with Gasteiger partial charge >= 0.3 is 0 Å². The summed E-state index contributed by atoms with van der Waals surface area (Å²) in [5.41, 5.74) is 6.23. The van der Waals surface area contributed by atoms with Crippen molar-refractivity contribution in [3.8, 4) is 0 Å². The van der Waals surface area contributed by atoms with Crippen LogP contribution in [0.3, 0.4) is 0 Å². The number of rotatable bonds is 3. The third-order valence-electron chi connectivity index (χ3n) is 6.20. The van der Waals surface area contributed by atoms with Crippen LogP contribution in [0.25, 0.3) is 22.6 Å². The predicted molar refractivity (Wildman–Crippen MR) is 132 cm³/mol. The molecule has 2 aromatic carbocycles. The standard InChI is InChI=1S/C25H25N3O.2ClH/c1-28(19-13-14-26-16-19)25(29)23-20-9-5-6-10-22(20)27-24-18(11-12-21(23)24)15-17-7-3-2-4-8-17;;/h2-10,15,19,26H,11-14,16H2,1H3;2*1H/b18-15-;;. The van der Waals surface area contributed by atoms with Gasteiger partial charge in [-0.1, -0.05) is 48.5 Å². The van der Waals surface area contributed by atoms with E-state index in [1.54, 1.807) is 0 Å². The van der Waals surface area contributed by atoms with Crippen LogP contribution >= 0.6 is 24.8 Å². The smallest absolute Gasteiger partial charge is 0.254 e. The topological polar surface area (TPSA) is 45.2 Å². The Balaban J connectivity index is 0.00000136. The molecule has 1 amide bonds. The minimum absolute atomic E-state index is 0. The van der Waals surface area contributed by atoms with Crippen LogP contribution in [0.5, 0.6) is 0 Å². The van der Waals surface area contributed by atoms with Crippen molar-refractivity contribution in [3.05, 3.63) is 77.0 Å². The van der Waals surface area contributed by atoms with Crippen LogP contribution < -0.4 is 5.32 Å². The van der Waals surface area contributed by atoms with Crippen molar-refractivity contribution in [3.63, 3.8) is 0 Å². The Morgan fingerprint density at radius 2 is 1.81 bits per heavy atom. The van der Waals surface area contributed by atoms with Crippen LogP contribution in [-0.4, -0.2) is 42.0 Å². The van der Waals surface area contributed by atoms with Crippen LogP contribution in [0.15, 0.2) is 54.6 Å². The van der Waals surface area contributed by atoms with E-state index in [4.69, 9.17) is 4.98 Å². The Labute approximate surface area is 195 Å².